The lowest BCUT2D eigenvalue weighted by Crippen LogP contribution is -2.43. The van der Waals surface area contributed by atoms with Crippen molar-refractivity contribution in [3.8, 4) is 5.75 Å². The van der Waals surface area contributed by atoms with E-state index in [9.17, 15) is 9.59 Å². The second kappa shape index (κ2) is 7.82. The Bertz CT molecular complexity index is 530. The van der Waals surface area contributed by atoms with Crippen LogP contribution in [-0.2, 0) is 9.59 Å². The first-order valence-electron chi connectivity index (χ1n) is 7.99. The monoisotopic (exact) mass is 304 g/mol. The number of amides is 2. The maximum atomic E-state index is 12.5. The maximum absolute atomic E-state index is 12.5. The summed E-state index contributed by atoms with van der Waals surface area (Å²) in [6, 6.07) is 7.00. The molecule has 2 amide bonds. The fraction of sp³-hybridized carbons (Fsp3) is 0.529. The maximum Gasteiger partial charge on any atom is 0.247 e. The Morgan fingerprint density at radius 2 is 2.09 bits per heavy atom. The molecule has 22 heavy (non-hydrogen) atoms. The molecule has 5 nitrogen and oxygen atoms in total. The van der Waals surface area contributed by atoms with E-state index in [1.165, 1.54) is 0 Å². The van der Waals surface area contributed by atoms with Gasteiger partial charge < -0.3 is 15.0 Å². The molecular formula is C17H24N2O3. The van der Waals surface area contributed by atoms with Crippen LogP contribution < -0.4 is 10.1 Å². The molecule has 0 bridgehead atoms. The first-order valence-corrected chi connectivity index (χ1v) is 7.99. The highest BCUT2D eigenvalue weighted by atomic mass is 16.5. The Morgan fingerprint density at radius 3 is 2.82 bits per heavy atom. The SMILES string of the molecule is CCCC(=O)N1CCCC1C(=O)Nc1ccccc1OCC. The van der Waals surface area contributed by atoms with Gasteiger partial charge in [0.25, 0.3) is 0 Å². The van der Waals surface area contributed by atoms with Crippen molar-refractivity contribution in [1.82, 2.24) is 4.90 Å². The normalized spacial score (nSPS) is 17.4. The Kier molecular flexibility index (Phi) is 5.81. The van der Waals surface area contributed by atoms with Gasteiger partial charge in [0, 0.05) is 13.0 Å². The van der Waals surface area contributed by atoms with Gasteiger partial charge in [-0.15, -0.1) is 0 Å². The van der Waals surface area contributed by atoms with Gasteiger partial charge in [-0.05, 0) is 38.3 Å². The van der Waals surface area contributed by atoms with Crippen LogP contribution in [0.1, 0.15) is 39.5 Å². The van der Waals surface area contributed by atoms with Crippen molar-refractivity contribution in [2.75, 3.05) is 18.5 Å². The van der Waals surface area contributed by atoms with E-state index >= 15 is 0 Å². The third-order valence-electron chi connectivity index (χ3n) is 3.78. The molecule has 0 saturated carbocycles. The van der Waals surface area contributed by atoms with E-state index in [0.29, 0.717) is 31.0 Å². The van der Waals surface area contributed by atoms with Crippen LogP contribution >= 0.6 is 0 Å². The zero-order valence-electron chi connectivity index (χ0n) is 13.3. The number of nitrogens with one attached hydrogen (secondary N) is 1. The Balaban J connectivity index is 2.07. The molecule has 1 aliphatic heterocycles. The molecule has 1 aromatic rings. The predicted molar refractivity (Wildman–Crippen MR) is 85.9 cm³/mol. The third kappa shape index (κ3) is 3.78. The van der Waals surface area contributed by atoms with E-state index < -0.39 is 0 Å². The summed E-state index contributed by atoms with van der Waals surface area (Å²) in [6.07, 6.45) is 2.90. The smallest absolute Gasteiger partial charge is 0.247 e. The number of anilines is 1. The third-order valence-corrected chi connectivity index (χ3v) is 3.78. The number of benzene rings is 1. The molecule has 1 fully saturated rings. The molecule has 2 rings (SSSR count). The lowest BCUT2D eigenvalue weighted by atomic mass is 10.2. The lowest BCUT2D eigenvalue weighted by Gasteiger charge is -2.24. The van der Waals surface area contributed by atoms with Crippen LogP contribution in [-0.4, -0.2) is 35.9 Å². The number of hydrogen-bond donors (Lipinski definition) is 1. The molecule has 1 aromatic carbocycles. The molecule has 5 heteroatoms. The van der Waals surface area contributed by atoms with Crippen molar-refractivity contribution >= 4 is 17.5 Å². The Morgan fingerprint density at radius 1 is 1.32 bits per heavy atom. The highest BCUT2D eigenvalue weighted by molar-refractivity contribution is 5.98. The van der Waals surface area contributed by atoms with Gasteiger partial charge in [-0.2, -0.15) is 0 Å². The number of para-hydroxylation sites is 2. The zero-order valence-corrected chi connectivity index (χ0v) is 13.3. The summed E-state index contributed by atoms with van der Waals surface area (Å²) < 4.78 is 5.52. The molecule has 120 valence electrons. The largest absolute Gasteiger partial charge is 0.492 e. The van der Waals surface area contributed by atoms with E-state index in [4.69, 9.17) is 4.74 Å². The number of carbonyl (C=O) groups is 2. The van der Waals surface area contributed by atoms with Gasteiger partial charge in [0.05, 0.1) is 12.3 Å². The number of ether oxygens (including phenoxy) is 1. The lowest BCUT2D eigenvalue weighted by molar-refractivity contribution is -0.136. The minimum Gasteiger partial charge on any atom is -0.492 e. The van der Waals surface area contributed by atoms with Gasteiger partial charge in [-0.1, -0.05) is 19.1 Å². The van der Waals surface area contributed by atoms with Crippen LogP contribution in [0.15, 0.2) is 24.3 Å². The highest BCUT2D eigenvalue weighted by Gasteiger charge is 2.33. The highest BCUT2D eigenvalue weighted by Crippen LogP contribution is 2.26. The van der Waals surface area contributed by atoms with Crippen LogP contribution in [0.3, 0.4) is 0 Å². The first kappa shape index (κ1) is 16.3. The van der Waals surface area contributed by atoms with Gasteiger partial charge in [-0.3, -0.25) is 9.59 Å². The number of rotatable bonds is 6. The molecule has 1 unspecified atom stereocenters. The molecule has 0 aliphatic carbocycles. The molecule has 1 N–H and O–H groups in total. The summed E-state index contributed by atoms with van der Waals surface area (Å²) >= 11 is 0. The fourth-order valence-corrected chi connectivity index (χ4v) is 2.76. The van der Waals surface area contributed by atoms with E-state index in [2.05, 4.69) is 5.32 Å². The summed E-state index contributed by atoms with van der Waals surface area (Å²) in [5.41, 5.74) is 0.657. The van der Waals surface area contributed by atoms with Crippen molar-refractivity contribution in [2.24, 2.45) is 0 Å². The standard InChI is InChI=1S/C17H24N2O3/c1-3-8-16(20)19-12-7-10-14(19)17(21)18-13-9-5-6-11-15(13)22-4-2/h5-6,9,11,14H,3-4,7-8,10,12H2,1-2H3,(H,18,21). The van der Waals surface area contributed by atoms with Crippen molar-refractivity contribution in [2.45, 2.75) is 45.6 Å². The van der Waals surface area contributed by atoms with Crippen molar-refractivity contribution < 1.29 is 14.3 Å². The van der Waals surface area contributed by atoms with Crippen LogP contribution in [0, 0.1) is 0 Å². The molecule has 0 radical (unpaired) electrons. The van der Waals surface area contributed by atoms with Crippen LogP contribution in [0.4, 0.5) is 5.69 Å². The summed E-state index contributed by atoms with van der Waals surface area (Å²) in [5, 5.41) is 2.91. The Labute approximate surface area is 131 Å². The summed E-state index contributed by atoms with van der Waals surface area (Å²) in [7, 11) is 0. The van der Waals surface area contributed by atoms with Crippen LogP contribution in [0.25, 0.3) is 0 Å². The fourth-order valence-electron chi connectivity index (χ4n) is 2.76. The van der Waals surface area contributed by atoms with Crippen molar-refractivity contribution in [3.63, 3.8) is 0 Å². The molecular weight excluding hydrogens is 280 g/mol. The second-order valence-corrected chi connectivity index (χ2v) is 5.41. The molecule has 1 heterocycles. The summed E-state index contributed by atoms with van der Waals surface area (Å²) in [5.74, 6) is 0.593. The van der Waals surface area contributed by atoms with E-state index in [0.717, 1.165) is 19.3 Å². The van der Waals surface area contributed by atoms with Gasteiger partial charge in [0.1, 0.15) is 11.8 Å². The zero-order chi connectivity index (χ0) is 15.9. The summed E-state index contributed by atoms with van der Waals surface area (Å²) in [6.45, 7) is 5.09. The Hall–Kier alpha value is -2.04. The minimum absolute atomic E-state index is 0.0678. The molecule has 0 spiro atoms. The van der Waals surface area contributed by atoms with E-state index in [1.807, 2.05) is 38.1 Å². The van der Waals surface area contributed by atoms with Crippen LogP contribution in [0.5, 0.6) is 5.75 Å². The van der Waals surface area contributed by atoms with Gasteiger partial charge in [-0.25, -0.2) is 0 Å². The minimum atomic E-state index is -0.367. The number of carbonyl (C=O) groups excluding carboxylic acids is 2. The predicted octanol–water partition coefficient (Wildman–Crippen LogP) is 2.81. The van der Waals surface area contributed by atoms with E-state index in [1.54, 1.807) is 4.90 Å². The van der Waals surface area contributed by atoms with Gasteiger partial charge >= 0.3 is 0 Å². The average molecular weight is 304 g/mol. The number of likely N-dealkylation sites (tertiary alicyclic amines) is 1. The second-order valence-electron chi connectivity index (χ2n) is 5.41. The number of hydrogen-bond acceptors (Lipinski definition) is 3. The van der Waals surface area contributed by atoms with Crippen LogP contribution in [0.2, 0.25) is 0 Å². The quantitative estimate of drug-likeness (QED) is 0.879. The topological polar surface area (TPSA) is 58.6 Å². The van der Waals surface area contributed by atoms with Crippen molar-refractivity contribution in [1.29, 1.82) is 0 Å². The number of nitrogens with zero attached hydrogens (tertiary/aromatic N) is 1. The van der Waals surface area contributed by atoms with Gasteiger partial charge in [0.2, 0.25) is 11.8 Å². The molecule has 1 saturated heterocycles. The molecule has 1 atom stereocenters. The first-order chi connectivity index (χ1) is 10.7. The van der Waals surface area contributed by atoms with Crippen molar-refractivity contribution in [3.05, 3.63) is 24.3 Å². The summed E-state index contributed by atoms with van der Waals surface area (Å²) in [4.78, 5) is 26.3. The average Bonchev–Trinajstić information content (AvgIpc) is 2.99. The molecule has 1 aliphatic rings. The van der Waals surface area contributed by atoms with E-state index in [-0.39, 0.29) is 17.9 Å². The molecule has 0 aromatic heterocycles. The van der Waals surface area contributed by atoms with Gasteiger partial charge in [0.15, 0.2) is 0 Å².